The summed E-state index contributed by atoms with van der Waals surface area (Å²) in [6, 6.07) is 18.3. The zero-order valence-corrected chi connectivity index (χ0v) is 15.6. The molecule has 0 spiro atoms. The molecule has 0 atom stereocenters. The molecule has 0 saturated carbocycles. The Morgan fingerprint density at radius 3 is 2.48 bits per heavy atom. The van der Waals surface area contributed by atoms with Crippen LogP contribution in [0.25, 0.3) is 11.6 Å². The molecule has 1 amide bonds. The predicted octanol–water partition coefficient (Wildman–Crippen LogP) is 3.56. The van der Waals surface area contributed by atoms with E-state index in [1.165, 1.54) is 0 Å². The van der Waals surface area contributed by atoms with Gasteiger partial charge in [0.25, 0.3) is 5.91 Å². The van der Waals surface area contributed by atoms with E-state index < -0.39 is 0 Å². The van der Waals surface area contributed by atoms with Gasteiger partial charge in [0.1, 0.15) is 11.5 Å². The number of amides is 1. The van der Waals surface area contributed by atoms with Gasteiger partial charge in [-0.25, -0.2) is 15.0 Å². The highest BCUT2D eigenvalue weighted by Gasteiger charge is 2.13. The average Bonchev–Trinajstić information content (AvgIpc) is 3.24. The van der Waals surface area contributed by atoms with E-state index in [1.54, 1.807) is 36.8 Å². The molecule has 0 aliphatic heterocycles. The molecule has 0 saturated heterocycles. The summed E-state index contributed by atoms with van der Waals surface area (Å²) in [7, 11) is 0. The molecule has 29 heavy (non-hydrogen) atoms. The lowest BCUT2D eigenvalue weighted by molar-refractivity contribution is 0.0950. The van der Waals surface area contributed by atoms with Gasteiger partial charge in [-0.1, -0.05) is 30.3 Å². The second-order valence-electron chi connectivity index (χ2n) is 6.18. The van der Waals surface area contributed by atoms with Crippen LogP contribution in [0.15, 0.2) is 85.5 Å². The summed E-state index contributed by atoms with van der Waals surface area (Å²) in [6.07, 6.45) is 6.88. The fourth-order valence-electron chi connectivity index (χ4n) is 2.85. The highest BCUT2D eigenvalue weighted by molar-refractivity contribution is 5.97. The molecular formula is C22H19N5O2. The highest BCUT2D eigenvalue weighted by Crippen LogP contribution is 2.24. The quantitative estimate of drug-likeness (QED) is 0.526. The topological polar surface area (TPSA) is 81.9 Å². The highest BCUT2D eigenvalue weighted by atomic mass is 16.5. The van der Waals surface area contributed by atoms with Crippen molar-refractivity contribution < 1.29 is 9.53 Å². The summed E-state index contributed by atoms with van der Waals surface area (Å²) in [5, 5.41) is 2.93. The first kappa shape index (κ1) is 18.4. The van der Waals surface area contributed by atoms with E-state index in [0.717, 1.165) is 0 Å². The van der Waals surface area contributed by atoms with Gasteiger partial charge in [-0.05, 0) is 30.3 Å². The van der Waals surface area contributed by atoms with Crippen molar-refractivity contribution in [1.82, 2.24) is 24.8 Å². The van der Waals surface area contributed by atoms with Crippen LogP contribution in [0.4, 0.5) is 0 Å². The molecule has 4 aromatic rings. The van der Waals surface area contributed by atoms with E-state index in [0.29, 0.717) is 41.8 Å². The zero-order chi connectivity index (χ0) is 19.9. The molecule has 2 aromatic carbocycles. The minimum atomic E-state index is -0.200. The molecule has 2 aromatic heterocycles. The van der Waals surface area contributed by atoms with E-state index in [4.69, 9.17) is 4.74 Å². The van der Waals surface area contributed by atoms with E-state index in [1.807, 2.05) is 53.2 Å². The van der Waals surface area contributed by atoms with Gasteiger partial charge in [0.2, 0.25) is 0 Å². The van der Waals surface area contributed by atoms with Crippen molar-refractivity contribution in [3.63, 3.8) is 0 Å². The molecule has 0 unspecified atom stereocenters. The molecule has 0 bridgehead atoms. The van der Waals surface area contributed by atoms with Crippen molar-refractivity contribution in [3.8, 4) is 23.1 Å². The third kappa shape index (κ3) is 4.47. The number of carbonyl (C=O) groups excluding carboxylic acids is 1. The van der Waals surface area contributed by atoms with Crippen molar-refractivity contribution in [2.24, 2.45) is 0 Å². The van der Waals surface area contributed by atoms with Gasteiger partial charge in [-0.3, -0.25) is 4.79 Å². The predicted molar refractivity (Wildman–Crippen MR) is 109 cm³/mol. The number of rotatable bonds is 7. The Labute approximate surface area is 168 Å². The van der Waals surface area contributed by atoms with Crippen LogP contribution in [0.1, 0.15) is 10.4 Å². The van der Waals surface area contributed by atoms with Gasteiger partial charge in [0.05, 0.1) is 5.56 Å². The van der Waals surface area contributed by atoms with Crippen LogP contribution in [-0.4, -0.2) is 32.0 Å². The van der Waals surface area contributed by atoms with Crippen LogP contribution >= 0.6 is 0 Å². The lowest BCUT2D eigenvalue weighted by Gasteiger charge is -2.12. The minimum absolute atomic E-state index is 0.200. The van der Waals surface area contributed by atoms with E-state index >= 15 is 0 Å². The van der Waals surface area contributed by atoms with Gasteiger partial charge in [-0.15, -0.1) is 0 Å². The number of nitrogens with zero attached hydrogens (tertiary/aromatic N) is 4. The van der Waals surface area contributed by atoms with Gasteiger partial charge >= 0.3 is 0 Å². The van der Waals surface area contributed by atoms with Crippen LogP contribution in [0.3, 0.4) is 0 Å². The Morgan fingerprint density at radius 1 is 0.897 bits per heavy atom. The van der Waals surface area contributed by atoms with Crippen LogP contribution in [-0.2, 0) is 6.54 Å². The number of benzene rings is 2. The first-order chi connectivity index (χ1) is 14.3. The summed E-state index contributed by atoms with van der Waals surface area (Å²) in [5.41, 5.74) is 0.480. The first-order valence-electron chi connectivity index (χ1n) is 9.20. The summed E-state index contributed by atoms with van der Waals surface area (Å²) < 4.78 is 7.77. The van der Waals surface area contributed by atoms with E-state index in [9.17, 15) is 4.79 Å². The Balaban J connectivity index is 1.41. The van der Waals surface area contributed by atoms with Crippen molar-refractivity contribution >= 4 is 5.91 Å². The number of para-hydroxylation sites is 2. The molecule has 0 radical (unpaired) electrons. The number of hydrogen-bond acceptors (Lipinski definition) is 5. The van der Waals surface area contributed by atoms with Crippen LogP contribution < -0.4 is 10.1 Å². The third-order valence-corrected chi connectivity index (χ3v) is 4.22. The molecule has 4 rings (SSSR count). The molecule has 2 heterocycles. The number of imidazole rings is 1. The molecule has 0 fully saturated rings. The molecule has 0 aliphatic carbocycles. The second kappa shape index (κ2) is 8.79. The van der Waals surface area contributed by atoms with Crippen LogP contribution in [0, 0.1) is 0 Å². The maximum atomic E-state index is 12.7. The molecule has 1 N–H and O–H groups in total. The Hall–Kier alpha value is -4.00. The maximum absolute atomic E-state index is 12.7. The Morgan fingerprint density at radius 2 is 1.66 bits per heavy atom. The minimum Gasteiger partial charge on any atom is -0.457 e. The number of nitrogens with one attached hydrogen (secondary N) is 1. The van der Waals surface area contributed by atoms with E-state index in [-0.39, 0.29) is 5.91 Å². The van der Waals surface area contributed by atoms with E-state index in [2.05, 4.69) is 20.3 Å². The third-order valence-electron chi connectivity index (χ3n) is 4.22. The summed E-state index contributed by atoms with van der Waals surface area (Å²) in [4.78, 5) is 25.5. The lowest BCUT2D eigenvalue weighted by Crippen LogP contribution is -2.27. The molecule has 0 aliphatic rings. The van der Waals surface area contributed by atoms with Crippen molar-refractivity contribution in [2.45, 2.75) is 6.54 Å². The largest absolute Gasteiger partial charge is 0.457 e. The maximum Gasteiger partial charge on any atom is 0.255 e. The van der Waals surface area contributed by atoms with Gasteiger partial charge in [0.15, 0.2) is 11.6 Å². The van der Waals surface area contributed by atoms with Gasteiger partial charge < -0.3 is 14.6 Å². The fraction of sp³-hybridized carbons (Fsp3) is 0.0909. The van der Waals surface area contributed by atoms with Crippen molar-refractivity contribution in [1.29, 1.82) is 0 Å². The van der Waals surface area contributed by atoms with Crippen molar-refractivity contribution in [3.05, 3.63) is 91.0 Å². The van der Waals surface area contributed by atoms with Gasteiger partial charge in [-0.2, -0.15) is 0 Å². The zero-order valence-electron chi connectivity index (χ0n) is 15.6. The number of hydrogen-bond donors (Lipinski definition) is 1. The summed E-state index contributed by atoms with van der Waals surface area (Å²) >= 11 is 0. The first-order valence-corrected chi connectivity index (χ1v) is 9.20. The fourth-order valence-corrected chi connectivity index (χ4v) is 2.85. The number of carbonyl (C=O) groups is 1. The van der Waals surface area contributed by atoms with Crippen molar-refractivity contribution in [2.75, 3.05) is 6.54 Å². The molecular weight excluding hydrogens is 366 g/mol. The normalized spacial score (nSPS) is 10.5. The SMILES string of the molecule is O=C(NCCn1ccnc1-c1ncccn1)c1ccccc1Oc1ccccc1. The summed E-state index contributed by atoms with van der Waals surface area (Å²) in [6.45, 7) is 0.968. The number of ether oxygens (including phenoxy) is 1. The Kier molecular flexibility index (Phi) is 5.57. The van der Waals surface area contributed by atoms with Crippen LogP contribution in [0.2, 0.25) is 0 Å². The second-order valence-corrected chi connectivity index (χ2v) is 6.18. The standard InChI is InChI=1S/C22H19N5O2/c28-22(18-9-4-5-10-19(18)29-17-7-2-1-3-8-17)26-14-16-27-15-13-25-21(27)20-23-11-6-12-24-20/h1-13,15H,14,16H2,(H,26,28). The molecule has 7 heteroatoms. The van der Waals surface area contributed by atoms with Crippen LogP contribution in [0.5, 0.6) is 11.5 Å². The average molecular weight is 385 g/mol. The number of aromatic nitrogens is 4. The van der Waals surface area contributed by atoms with Gasteiger partial charge in [0, 0.05) is 37.9 Å². The monoisotopic (exact) mass is 385 g/mol. The summed E-state index contributed by atoms with van der Waals surface area (Å²) in [5.74, 6) is 2.20. The smallest absolute Gasteiger partial charge is 0.255 e. The molecule has 144 valence electrons. The molecule has 7 nitrogen and oxygen atoms in total. The Bertz CT molecular complexity index is 1080. The lowest BCUT2D eigenvalue weighted by atomic mass is 10.2.